The van der Waals surface area contributed by atoms with Crippen molar-refractivity contribution in [2.75, 3.05) is 0 Å². The van der Waals surface area contributed by atoms with Crippen LogP contribution in [0.4, 0.5) is 0 Å². The van der Waals surface area contributed by atoms with E-state index in [0.717, 1.165) is 17.5 Å². The third-order valence-corrected chi connectivity index (χ3v) is 5.32. The van der Waals surface area contributed by atoms with Crippen molar-refractivity contribution in [2.24, 2.45) is 17.8 Å². The summed E-state index contributed by atoms with van der Waals surface area (Å²) < 4.78 is 1.75. The molecule has 2 aliphatic rings. The van der Waals surface area contributed by atoms with Crippen LogP contribution in [0.15, 0.2) is 12.3 Å². The Morgan fingerprint density at radius 2 is 2.20 bits per heavy atom. The van der Waals surface area contributed by atoms with E-state index >= 15 is 0 Å². The van der Waals surface area contributed by atoms with Gasteiger partial charge in [-0.3, -0.25) is 9.48 Å². The van der Waals surface area contributed by atoms with Crippen LogP contribution in [0.1, 0.15) is 51.3 Å². The largest absolute Gasteiger partial charge is 0.352 e. The zero-order chi connectivity index (χ0) is 14.3. The number of carbonyl (C=O) groups excluding carboxylic acids is 1. The summed E-state index contributed by atoms with van der Waals surface area (Å²) in [6, 6.07) is 1.99. The minimum atomic E-state index is -0.232. The zero-order valence-electron chi connectivity index (χ0n) is 12.7. The maximum absolute atomic E-state index is 12.4. The second-order valence-corrected chi connectivity index (χ2v) is 6.75. The Bertz CT molecular complexity index is 496. The molecule has 3 rings (SSSR count). The normalized spacial score (nSPS) is 31.2. The molecule has 0 unspecified atom stereocenters. The topological polar surface area (TPSA) is 46.9 Å². The van der Waals surface area contributed by atoms with Gasteiger partial charge in [0.15, 0.2) is 0 Å². The number of nitrogens with zero attached hydrogens (tertiary/aromatic N) is 2. The van der Waals surface area contributed by atoms with E-state index < -0.39 is 0 Å². The van der Waals surface area contributed by atoms with E-state index in [1.54, 1.807) is 4.68 Å². The maximum atomic E-state index is 12.4. The molecular weight excluding hydrogens is 250 g/mol. The Morgan fingerprint density at radius 3 is 2.75 bits per heavy atom. The minimum absolute atomic E-state index is 0.0865. The fourth-order valence-electron chi connectivity index (χ4n) is 4.13. The van der Waals surface area contributed by atoms with Crippen molar-refractivity contribution >= 4 is 5.91 Å². The monoisotopic (exact) mass is 275 g/mol. The summed E-state index contributed by atoms with van der Waals surface area (Å²) in [7, 11) is 0. The van der Waals surface area contributed by atoms with E-state index in [4.69, 9.17) is 0 Å². The van der Waals surface area contributed by atoms with E-state index in [1.807, 2.05) is 26.1 Å². The van der Waals surface area contributed by atoms with Crippen molar-refractivity contribution in [3.05, 3.63) is 18.0 Å². The lowest BCUT2D eigenvalue weighted by atomic mass is 9.84. The van der Waals surface area contributed by atoms with E-state index in [1.165, 1.54) is 25.7 Å². The first-order chi connectivity index (χ1) is 9.54. The lowest BCUT2D eigenvalue weighted by Crippen LogP contribution is -2.43. The van der Waals surface area contributed by atoms with E-state index in [-0.39, 0.29) is 18.0 Å². The van der Waals surface area contributed by atoms with Gasteiger partial charge in [-0.25, -0.2) is 0 Å². The van der Waals surface area contributed by atoms with Crippen LogP contribution in [0.25, 0.3) is 0 Å². The summed E-state index contributed by atoms with van der Waals surface area (Å²) in [6.07, 6.45) is 7.34. The lowest BCUT2D eigenvalue weighted by Gasteiger charge is -2.29. The Balaban J connectivity index is 1.58. The highest BCUT2D eigenvalue weighted by atomic mass is 16.2. The van der Waals surface area contributed by atoms with Crippen molar-refractivity contribution in [3.8, 4) is 0 Å². The van der Waals surface area contributed by atoms with Gasteiger partial charge in [0, 0.05) is 12.2 Å². The smallest absolute Gasteiger partial charge is 0.244 e. The number of aryl methyl sites for hydroxylation is 1. The van der Waals surface area contributed by atoms with Crippen molar-refractivity contribution < 1.29 is 4.79 Å². The molecule has 5 atom stereocenters. The van der Waals surface area contributed by atoms with Crippen molar-refractivity contribution in [1.82, 2.24) is 15.1 Å². The Hall–Kier alpha value is -1.32. The number of nitrogens with one attached hydrogen (secondary N) is 1. The Morgan fingerprint density at radius 1 is 1.40 bits per heavy atom. The summed E-state index contributed by atoms with van der Waals surface area (Å²) in [4.78, 5) is 12.4. The van der Waals surface area contributed by atoms with Gasteiger partial charge in [0.2, 0.25) is 5.91 Å². The SMILES string of the molecule is Cc1ccn([C@H](C)C(=O)N[C@H](C)[C@@H]2C[C@H]3CC[C@H]2C3)n1. The van der Waals surface area contributed by atoms with Crippen LogP contribution in [0.5, 0.6) is 0 Å². The number of fused-ring (bicyclic) bond motifs is 2. The summed E-state index contributed by atoms with van der Waals surface area (Å²) in [5.41, 5.74) is 0.950. The maximum Gasteiger partial charge on any atom is 0.244 e. The molecule has 2 bridgehead atoms. The van der Waals surface area contributed by atoms with Gasteiger partial charge in [0.05, 0.1) is 5.69 Å². The third-order valence-electron chi connectivity index (χ3n) is 5.32. The predicted molar refractivity (Wildman–Crippen MR) is 78.2 cm³/mol. The number of amides is 1. The molecule has 0 saturated heterocycles. The van der Waals surface area contributed by atoms with E-state index in [2.05, 4.69) is 17.3 Å². The molecule has 0 aromatic carbocycles. The Labute approximate surface area is 120 Å². The minimum Gasteiger partial charge on any atom is -0.352 e. The molecule has 20 heavy (non-hydrogen) atoms. The molecule has 2 fully saturated rings. The molecule has 1 aromatic heterocycles. The van der Waals surface area contributed by atoms with Crippen LogP contribution < -0.4 is 5.32 Å². The molecule has 4 heteroatoms. The number of hydrogen-bond donors (Lipinski definition) is 1. The molecule has 4 nitrogen and oxygen atoms in total. The van der Waals surface area contributed by atoms with Crippen molar-refractivity contribution in [2.45, 2.75) is 58.5 Å². The van der Waals surface area contributed by atoms with E-state index in [0.29, 0.717) is 5.92 Å². The van der Waals surface area contributed by atoms with Gasteiger partial charge in [-0.1, -0.05) is 6.42 Å². The van der Waals surface area contributed by atoms with Gasteiger partial charge < -0.3 is 5.32 Å². The van der Waals surface area contributed by atoms with Gasteiger partial charge >= 0.3 is 0 Å². The molecule has 0 aliphatic heterocycles. The lowest BCUT2D eigenvalue weighted by molar-refractivity contribution is -0.125. The highest BCUT2D eigenvalue weighted by molar-refractivity contribution is 5.80. The third kappa shape index (κ3) is 2.48. The number of rotatable bonds is 4. The predicted octanol–water partition coefficient (Wildman–Crippen LogP) is 2.69. The number of hydrogen-bond acceptors (Lipinski definition) is 2. The van der Waals surface area contributed by atoms with Gasteiger partial charge in [-0.15, -0.1) is 0 Å². The van der Waals surface area contributed by atoms with Crippen molar-refractivity contribution in [1.29, 1.82) is 0 Å². The van der Waals surface area contributed by atoms with Gasteiger partial charge in [-0.05, 0) is 63.9 Å². The quantitative estimate of drug-likeness (QED) is 0.918. The molecule has 2 saturated carbocycles. The van der Waals surface area contributed by atoms with Crippen LogP contribution >= 0.6 is 0 Å². The van der Waals surface area contributed by atoms with Crippen LogP contribution in [-0.2, 0) is 4.79 Å². The standard InChI is InChI=1S/C16H25N3O/c1-10-6-7-19(18-10)12(3)16(20)17-11(2)15-9-13-4-5-14(15)8-13/h6-7,11-15H,4-5,8-9H2,1-3H3,(H,17,20)/t11-,12-,13+,14+,15+/m1/s1. The van der Waals surface area contributed by atoms with Gasteiger partial charge in [0.25, 0.3) is 0 Å². The van der Waals surface area contributed by atoms with Crippen molar-refractivity contribution in [3.63, 3.8) is 0 Å². The second-order valence-electron chi connectivity index (χ2n) is 6.75. The van der Waals surface area contributed by atoms with Crippen LogP contribution in [0, 0.1) is 24.7 Å². The zero-order valence-corrected chi connectivity index (χ0v) is 12.7. The average Bonchev–Trinajstić information content (AvgIpc) is 3.13. The summed E-state index contributed by atoms with van der Waals surface area (Å²) in [6.45, 7) is 6.03. The van der Waals surface area contributed by atoms with Crippen LogP contribution in [0.2, 0.25) is 0 Å². The molecule has 1 amide bonds. The number of carbonyl (C=O) groups is 1. The molecule has 0 radical (unpaired) electrons. The fraction of sp³-hybridized carbons (Fsp3) is 0.750. The summed E-state index contributed by atoms with van der Waals surface area (Å²) in [5, 5.41) is 7.54. The van der Waals surface area contributed by atoms with Gasteiger partial charge in [-0.2, -0.15) is 5.10 Å². The number of aromatic nitrogens is 2. The van der Waals surface area contributed by atoms with Crippen LogP contribution in [-0.4, -0.2) is 21.7 Å². The van der Waals surface area contributed by atoms with Gasteiger partial charge in [0.1, 0.15) is 6.04 Å². The highest BCUT2D eigenvalue weighted by Gasteiger charge is 2.42. The molecule has 1 aromatic rings. The molecule has 0 spiro atoms. The molecule has 110 valence electrons. The molecule has 1 N–H and O–H groups in total. The molecule has 1 heterocycles. The first kappa shape index (κ1) is 13.7. The van der Waals surface area contributed by atoms with Crippen LogP contribution in [0.3, 0.4) is 0 Å². The Kier molecular flexibility index (Phi) is 3.57. The first-order valence-electron chi connectivity index (χ1n) is 7.86. The molecular formula is C16H25N3O. The van der Waals surface area contributed by atoms with E-state index in [9.17, 15) is 4.79 Å². The average molecular weight is 275 g/mol. The summed E-state index contributed by atoms with van der Waals surface area (Å²) in [5.74, 6) is 2.54. The fourth-order valence-corrected chi connectivity index (χ4v) is 4.13. The first-order valence-corrected chi connectivity index (χ1v) is 7.86. The highest BCUT2D eigenvalue weighted by Crippen LogP contribution is 2.49. The summed E-state index contributed by atoms with van der Waals surface area (Å²) >= 11 is 0. The molecule has 2 aliphatic carbocycles. The second kappa shape index (κ2) is 5.23.